The zero-order valence-electron chi connectivity index (χ0n) is 15.6. The molecule has 0 saturated heterocycles. The van der Waals surface area contributed by atoms with E-state index in [1.807, 2.05) is 0 Å². The third-order valence-electron chi connectivity index (χ3n) is 3.77. The van der Waals surface area contributed by atoms with Gasteiger partial charge in [0.2, 0.25) is 0 Å². The molecule has 0 aliphatic carbocycles. The van der Waals surface area contributed by atoms with Gasteiger partial charge in [-0.1, -0.05) is 57.2 Å². The molecule has 1 aromatic rings. The minimum Gasteiger partial charge on any atom is -0.373 e. The lowest BCUT2D eigenvalue weighted by molar-refractivity contribution is -0.0610. The van der Waals surface area contributed by atoms with Crippen molar-refractivity contribution in [3.8, 4) is 0 Å². The van der Waals surface area contributed by atoms with E-state index in [0.29, 0.717) is 6.10 Å². The van der Waals surface area contributed by atoms with Crippen LogP contribution < -0.4 is 0 Å². The van der Waals surface area contributed by atoms with Gasteiger partial charge in [-0.3, -0.25) is 0 Å². The van der Waals surface area contributed by atoms with Crippen LogP contribution in [0.4, 0.5) is 0 Å². The molecule has 1 nitrogen and oxygen atoms in total. The predicted octanol–water partition coefficient (Wildman–Crippen LogP) is 6.37. The molecule has 0 aliphatic heterocycles. The van der Waals surface area contributed by atoms with Crippen LogP contribution in [0.15, 0.2) is 30.3 Å². The molecule has 0 aliphatic rings. The van der Waals surface area contributed by atoms with Crippen molar-refractivity contribution in [1.82, 2.24) is 0 Å². The first-order valence-corrected chi connectivity index (χ1v) is 8.55. The summed E-state index contributed by atoms with van der Waals surface area (Å²) < 4.78 is 5.93. The highest BCUT2D eigenvalue weighted by molar-refractivity contribution is 5.51. The number of unbranched alkanes of at least 4 members (excludes halogenated alkanes) is 1. The molecule has 0 radical (unpaired) electrons. The zero-order valence-corrected chi connectivity index (χ0v) is 15.6. The van der Waals surface area contributed by atoms with Crippen LogP contribution in [0.1, 0.15) is 78.9 Å². The van der Waals surface area contributed by atoms with Gasteiger partial charge in [0.25, 0.3) is 0 Å². The number of ether oxygens (including phenoxy) is 1. The van der Waals surface area contributed by atoms with Gasteiger partial charge in [0.1, 0.15) is 0 Å². The third kappa shape index (κ3) is 7.26. The van der Waals surface area contributed by atoms with Crippen molar-refractivity contribution in [2.24, 2.45) is 0 Å². The van der Waals surface area contributed by atoms with Crippen molar-refractivity contribution in [3.63, 3.8) is 0 Å². The van der Waals surface area contributed by atoms with Gasteiger partial charge in [-0.15, -0.1) is 0 Å². The molecule has 22 heavy (non-hydrogen) atoms. The maximum absolute atomic E-state index is 5.93. The third-order valence-corrected chi connectivity index (χ3v) is 3.77. The van der Waals surface area contributed by atoms with E-state index in [1.165, 1.54) is 11.1 Å². The Morgan fingerprint density at radius 1 is 1.09 bits per heavy atom. The monoisotopic (exact) mass is 302 g/mol. The van der Waals surface area contributed by atoms with Crippen molar-refractivity contribution >= 4 is 6.08 Å². The standard InChI is InChI=1S/C21H34O/c1-17(2)22-21(6,7)15-10-8-9-12-18-13-11-14-19(16-18)20(3,4)5/h9,11-14,16-17H,8,10,15H2,1-7H3. The van der Waals surface area contributed by atoms with Gasteiger partial charge in [-0.05, 0) is 63.5 Å². The highest BCUT2D eigenvalue weighted by Gasteiger charge is 2.18. The Hall–Kier alpha value is -1.08. The summed E-state index contributed by atoms with van der Waals surface area (Å²) in [5.41, 5.74) is 2.88. The molecule has 0 saturated carbocycles. The smallest absolute Gasteiger partial charge is 0.0630 e. The fourth-order valence-corrected chi connectivity index (χ4v) is 2.67. The molecule has 0 N–H and O–H groups in total. The first-order chi connectivity index (χ1) is 10.1. The molecule has 0 unspecified atom stereocenters. The summed E-state index contributed by atoms with van der Waals surface area (Å²) in [7, 11) is 0. The molecule has 0 aromatic heterocycles. The zero-order chi connectivity index (χ0) is 16.8. The second-order valence-corrected chi connectivity index (χ2v) is 8.10. The van der Waals surface area contributed by atoms with Crippen LogP contribution >= 0.6 is 0 Å². The fraction of sp³-hybridized carbons (Fsp3) is 0.619. The van der Waals surface area contributed by atoms with Crippen molar-refractivity contribution in [2.75, 3.05) is 0 Å². The minimum absolute atomic E-state index is 0.0197. The Morgan fingerprint density at radius 3 is 2.36 bits per heavy atom. The number of rotatable bonds is 7. The fourth-order valence-electron chi connectivity index (χ4n) is 2.67. The number of benzene rings is 1. The van der Waals surface area contributed by atoms with Crippen LogP contribution in [0.5, 0.6) is 0 Å². The van der Waals surface area contributed by atoms with E-state index in [2.05, 4.69) is 84.9 Å². The summed E-state index contributed by atoms with van der Waals surface area (Å²) in [5.74, 6) is 0. The molecule has 0 amide bonds. The van der Waals surface area contributed by atoms with Crippen molar-refractivity contribution in [2.45, 2.75) is 84.8 Å². The SMILES string of the molecule is CC(C)OC(C)(C)CCCC=Cc1cccc(C(C)(C)C)c1. The van der Waals surface area contributed by atoms with Crippen LogP contribution in [0, 0.1) is 0 Å². The van der Waals surface area contributed by atoms with Crippen LogP contribution in [0.2, 0.25) is 0 Å². The summed E-state index contributed by atoms with van der Waals surface area (Å²) in [4.78, 5) is 0. The topological polar surface area (TPSA) is 9.23 Å². The van der Waals surface area contributed by atoms with Crippen molar-refractivity contribution in [1.29, 1.82) is 0 Å². The Balaban J connectivity index is 2.47. The van der Waals surface area contributed by atoms with Crippen LogP contribution in [-0.4, -0.2) is 11.7 Å². The number of hydrogen-bond acceptors (Lipinski definition) is 1. The maximum Gasteiger partial charge on any atom is 0.0630 e. The van der Waals surface area contributed by atoms with E-state index in [4.69, 9.17) is 4.74 Å². The van der Waals surface area contributed by atoms with Gasteiger partial charge < -0.3 is 4.74 Å². The first-order valence-electron chi connectivity index (χ1n) is 8.55. The molecular formula is C21H34O. The molecular weight excluding hydrogens is 268 g/mol. The van der Waals surface area contributed by atoms with E-state index in [0.717, 1.165) is 19.3 Å². The Labute approximate surface area is 137 Å². The molecule has 124 valence electrons. The Morgan fingerprint density at radius 2 is 1.77 bits per heavy atom. The molecule has 0 spiro atoms. The molecule has 0 fully saturated rings. The summed E-state index contributed by atoms with van der Waals surface area (Å²) in [6, 6.07) is 8.84. The van der Waals surface area contributed by atoms with Crippen LogP contribution in [0.25, 0.3) is 6.08 Å². The summed E-state index contributed by atoms with van der Waals surface area (Å²) in [6.07, 6.45) is 8.18. The van der Waals surface area contributed by atoms with Gasteiger partial charge in [-0.2, -0.15) is 0 Å². The van der Waals surface area contributed by atoms with E-state index in [1.54, 1.807) is 0 Å². The normalized spacial score (nSPS) is 13.3. The van der Waals surface area contributed by atoms with Gasteiger partial charge in [0.15, 0.2) is 0 Å². The van der Waals surface area contributed by atoms with E-state index in [9.17, 15) is 0 Å². The quantitative estimate of drug-likeness (QED) is 0.532. The van der Waals surface area contributed by atoms with Crippen molar-refractivity contribution < 1.29 is 4.74 Å². The summed E-state index contributed by atoms with van der Waals surface area (Å²) >= 11 is 0. The predicted molar refractivity (Wildman–Crippen MR) is 98.3 cm³/mol. The lowest BCUT2D eigenvalue weighted by Gasteiger charge is -2.27. The highest BCUT2D eigenvalue weighted by atomic mass is 16.5. The lowest BCUT2D eigenvalue weighted by Crippen LogP contribution is -2.27. The molecule has 1 rings (SSSR count). The average Bonchev–Trinajstić information content (AvgIpc) is 2.36. The van der Waals surface area contributed by atoms with E-state index in [-0.39, 0.29) is 11.0 Å². The van der Waals surface area contributed by atoms with Gasteiger partial charge in [-0.25, -0.2) is 0 Å². The largest absolute Gasteiger partial charge is 0.373 e. The van der Waals surface area contributed by atoms with Gasteiger partial charge in [0.05, 0.1) is 11.7 Å². The highest BCUT2D eigenvalue weighted by Crippen LogP contribution is 2.24. The maximum atomic E-state index is 5.93. The molecule has 1 heteroatoms. The van der Waals surface area contributed by atoms with Crippen LogP contribution in [0.3, 0.4) is 0 Å². The van der Waals surface area contributed by atoms with Gasteiger partial charge >= 0.3 is 0 Å². The van der Waals surface area contributed by atoms with Gasteiger partial charge in [0, 0.05) is 0 Å². The Bertz CT molecular complexity index is 475. The number of hydrogen-bond donors (Lipinski definition) is 0. The lowest BCUT2D eigenvalue weighted by atomic mass is 9.86. The summed E-state index contributed by atoms with van der Waals surface area (Å²) in [6.45, 7) is 15.3. The molecule has 1 aromatic carbocycles. The summed E-state index contributed by atoms with van der Waals surface area (Å²) in [5, 5.41) is 0. The second kappa shape index (κ2) is 7.97. The second-order valence-electron chi connectivity index (χ2n) is 8.10. The molecule has 0 heterocycles. The average molecular weight is 303 g/mol. The molecule has 0 atom stereocenters. The minimum atomic E-state index is -0.0197. The van der Waals surface area contributed by atoms with Crippen LogP contribution in [-0.2, 0) is 10.2 Å². The Kier molecular flexibility index (Phi) is 6.87. The van der Waals surface area contributed by atoms with Crippen molar-refractivity contribution in [3.05, 3.63) is 41.5 Å². The molecule has 0 bridgehead atoms. The van der Waals surface area contributed by atoms with E-state index >= 15 is 0 Å². The van der Waals surface area contributed by atoms with E-state index < -0.39 is 0 Å². The number of allylic oxidation sites excluding steroid dienone is 1. The first kappa shape index (κ1) is 19.0.